The van der Waals surface area contributed by atoms with Gasteiger partial charge in [-0.05, 0) is 6.07 Å². The van der Waals surface area contributed by atoms with Crippen LogP contribution < -0.4 is 5.32 Å². The summed E-state index contributed by atoms with van der Waals surface area (Å²) in [6.45, 7) is 0.625. The van der Waals surface area contributed by atoms with Crippen LogP contribution in [0.25, 0.3) is 0 Å². The summed E-state index contributed by atoms with van der Waals surface area (Å²) in [5.41, 5.74) is 0.792. The Labute approximate surface area is 113 Å². The van der Waals surface area contributed by atoms with Crippen LogP contribution in [0.2, 0.25) is 0 Å². The van der Waals surface area contributed by atoms with Gasteiger partial charge in [-0.2, -0.15) is 5.26 Å². The van der Waals surface area contributed by atoms with E-state index in [1.54, 1.807) is 23.6 Å². The van der Waals surface area contributed by atoms with Crippen LogP contribution in [-0.4, -0.2) is 16.5 Å². The molecule has 19 heavy (non-hydrogen) atoms. The fourth-order valence-electron chi connectivity index (χ4n) is 1.57. The molecular formula is C12H10N4O2S. The van der Waals surface area contributed by atoms with Crippen molar-refractivity contribution in [3.63, 3.8) is 0 Å². The molecule has 0 bridgehead atoms. The lowest BCUT2D eigenvalue weighted by molar-refractivity contribution is -0.384. The van der Waals surface area contributed by atoms with E-state index in [0.717, 1.165) is 11.4 Å². The van der Waals surface area contributed by atoms with Crippen LogP contribution >= 0.6 is 11.3 Å². The number of nitrogens with zero attached hydrogens (tertiary/aromatic N) is 3. The second-order valence-electron chi connectivity index (χ2n) is 3.70. The van der Waals surface area contributed by atoms with Crippen LogP contribution in [-0.2, 0) is 6.42 Å². The number of rotatable bonds is 5. The van der Waals surface area contributed by atoms with E-state index in [4.69, 9.17) is 5.26 Å². The van der Waals surface area contributed by atoms with Gasteiger partial charge in [-0.3, -0.25) is 10.1 Å². The Morgan fingerprint density at radius 3 is 3.00 bits per heavy atom. The van der Waals surface area contributed by atoms with E-state index in [1.807, 2.05) is 11.4 Å². The maximum Gasteiger partial charge on any atom is 0.270 e. The third-order valence-electron chi connectivity index (χ3n) is 2.47. The first-order chi connectivity index (χ1) is 9.20. The highest BCUT2D eigenvalue weighted by Crippen LogP contribution is 2.21. The fraction of sp³-hybridized carbons (Fsp3) is 0.167. The average Bonchev–Trinajstić information content (AvgIpc) is 2.92. The summed E-state index contributed by atoms with van der Waals surface area (Å²) in [4.78, 5) is 14.3. The molecule has 1 aromatic carbocycles. The molecule has 1 heterocycles. The first kappa shape index (κ1) is 13.0. The third kappa shape index (κ3) is 3.26. The molecule has 6 nitrogen and oxygen atoms in total. The van der Waals surface area contributed by atoms with Crippen LogP contribution in [0.4, 0.5) is 11.4 Å². The van der Waals surface area contributed by atoms with Gasteiger partial charge in [-0.15, -0.1) is 11.3 Å². The number of nitriles is 1. The van der Waals surface area contributed by atoms with Crippen LogP contribution in [0, 0.1) is 21.4 Å². The molecule has 1 N–H and O–H groups in total. The highest BCUT2D eigenvalue weighted by Gasteiger charge is 2.10. The Morgan fingerprint density at radius 1 is 1.53 bits per heavy atom. The van der Waals surface area contributed by atoms with Crippen molar-refractivity contribution >= 4 is 22.7 Å². The molecule has 0 aliphatic heterocycles. The largest absolute Gasteiger partial charge is 0.384 e. The van der Waals surface area contributed by atoms with Gasteiger partial charge in [0.15, 0.2) is 0 Å². The highest BCUT2D eigenvalue weighted by atomic mass is 32.1. The first-order valence-corrected chi connectivity index (χ1v) is 6.39. The van der Waals surface area contributed by atoms with Crippen molar-refractivity contribution in [3.05, 3.63) is 50.5 Å². The van der Waals surface area contributed by atoms with E-state index in [2.05, 4.69) is 10.3 Å². The summed E-state index contributed by atoms with van der Waals surface area (Å²) in [6, 6.07) is 6.16. The molecule has 0 saturated carbocycles. The van der Waals surface area contributed by atoms with Crippen molar-refractivity contribution in [3.8, 4) is 6.07 Å². The monoisotopic (exact) mass is 274 g/mol. The molecule has 0 aliphatic rings. The molecule has 2 aromatic rings. The molecular weight excluding hydrogens is 264 g/mol. The molecule has 0 saturated heterocycles. The highest BCUT2D eigenvalue weighted by molar-refractivity contribution is 7.09. The van der Waals surface area contributed by atoms with Crippen molar-refractivity contribution in [2.75, 3.05) is 11.9 Å². The number of benzene rings is 1. The van der Waals surface area contributed by atoms with E-state index in [0.29, 0.717) is 12.2 Å². The molecule has 0 aliphatic carbocycles. The number of anilines is 1. The topological polar surface area (TPSA) is 91.8 Å². The minimum atomic E-state index is -0.514. The molecule has 2 rings (SSSR count). The van der Waals surface area contributed by atoms with Crippen molar-refractivity contribution < 1.29 is 4.92 Å². The Balaban J connectivity index is 2.04. The Kier molecular flexibility index (Phi) is 4.05. The number of hydrogen-bond acceptors (Lipinski definition) is 6. The Hall–Kier alpha value is -2.46. The van der Waals surface area contributed by atoms with Gasteiger partial charge in [-0.1, -0.05) is 0 Å². The van der Waals surface area contributed by atoms with Gasteiger partial charge in [-0.25, -0.2) is 4.98 Å². The Bertz CT molecular complexity index is 619. The van der Waals surface area contributed by atoms with Crippen molar-refractivity contribution in [1.29, 1.82) is 5.26 Å². The second kappa shape index (κ2) is 5.93. The van der Waals surface area contributed by atoms with E-state index in [9.17, 15) is 10.1 Å². The molecule has 0 radical (unpaired) electrons. The zero-order valence-electron chi connectivity index (χ0n) is 9.87. The number of non-ortho nitro benzene ring substituents is 1. The first-order valence-electron chi connectivity index (χ1n) is 5.51. The van der Waals surface area contributed by atoms with Gasteiger partial charge in [0.05, 0.1) is 21.2 Å². The Morgan fingerprint density at radius 2 is 2.37 bits per heavy atom. The minimum absolute atomic E-state index is 0.0815. The lowest BCUT2D eigenvalue weighted by atomic mass is 10.1. The SMILES string of the molecule is N#Cc1cc([N+](=O)[O-])ccc1NCCc1nccs1. The van der Waals surface area contributed by atoms with Crippen LogP contribution in [0.1, 0.15) is 10.6 Å². The van der Waals surface area contributed by atoms with Crippen LogP contribution in [0.15, 0.2) is 29.8 Å². The normalized spacial score (nSPS) is 9.84. The maximum atomic E-state index is 10.6. The predicted octanol–water partition coefficient (Wildman–Crippen LogP) is 2.58. The quantitative estimate of drug-likeness (QED) is 0.668. The van der Waals surface area contributed by atoms with Gasteiger partial charge in [0.25, 0.3) is 5.69 Å². The summed E-state index contributed by atoms with van der Waals surface area (Å²) in [5, 5.41) is 25.6. The molecule has 0 amide bonds. The van der Waals surface area contributed by atoms with E-state index in [1.165, 1.54) is 12.1 Å². The second-order valence-corrected chi connectivity index (χ2v) is 4.68. The van der Waals surface area contributed by atoms with E-state index < -0.39 is 4.92 Å². The van der Waals surface area contributed by atoms with Crippen molar-refractivity contribution in [1.82, 2.24) is 4.98 Å². The van der Waals surface area contributed by atoms with Crippen LogP contribution in [0.5, 0.6) is 0 Å². The lowest BCUT2D eigenvalue weighted by Gasteiger charge is -2.06. The van der Waals surface area contributed by atoms with Gasteiger partial charge >= 0.3 is 0 Å². The molecule has 0 unspecified atom stereocenters. The van der Waals surface area contributed by atoms with Gasteiger partial charge in [0.1, 0.15) is 6.07 Å². The zero-order valence-corrected chi connectivity index (χ0v) is 10.7. The summed E-state index contributed by atoms with van der Waals surface area (Å²) < 4.78 is 0. The van der Waals surface area contributed by atoms with Crippen molar-refractivity contribution in [2.45, 2.75) is 6.42 Å². The predicted molar refractivity (Wildman–Crippen MR) is 72.1 cm³/mol. The van der Waals surface area contributed by atoms with Gasteiger partial charge < -0.3 is 5.32 Å². The average molecular weight is 274 g/mol. The van der Waals surface area contributed by atoms with Gasteiger partial charge in [0.2, 0.25) is 0 Å². The summed E-state index contributed by atoms with van der Waals surface area (Å²) >= 11 is 1.57. The molecule has 0 fully saturated rings. The molecule has 96 valence electrons. The van der Waals surface area contributed by atoms with Crippen LogP contribution in [0.3, 0.4) is 0 Å². The van der Waals surface area contributed by atoms with Gasteiger partial charge in [0, 0.05) is 36.7 Å². The summed E-state index contributed by atoms with van der Waals surface area (Å²) in [6.07, 6.45) is 2.49. The summed E-state index contributed by atoms with van der Waals surface area (Å²) in [7, 11) is 0. The van der Waals surface area contributed by atoms with Crippen molar-refractivity contribution in [2.24, 2.45) is 0 Å². The number of nitrogens with one attached hydrogen (secondary N) is 1. The maximum absolute atomic E-state index is 10.6. The minimum Gasteiger partial charge on any atom is -0.384 e. The number of nitro groups is 1. The third-order valence-corrected chi connectivity index (χ3v) is 3.31. The number of nitro benzene ring substituents is 1. The molecule has 1 aromatic heterocycles. The number of thiazole rings is 1. The number of aromatic nitrogens is 1. The molecule has 0 spiro atoms. The molecule has 0 atom stereocenters. The summed E-state index contributed by atoms with van der Waals surface area (Å²) in [5.74, 6) is 0. The standard InChI is InChI=1S/C12H10N4O2S/c13-8-9-7-10(16(17)18)1-2-11(9)14-4-3-12-15-5-6-19-12/h1-2,5-7,14H,3-4H2. The fourth-order valence-corrected chi connectivity index (χ4v) is 2.19. The van der Waals surface area contributed by atoms with E-state index in [-0.39, 0.29) is 11.3 Å². The smallest absolute Gasteiger partial charge is 0.270 e. The number of hydrogen-bond donors (Lipinski definition) is 1. The lowest BCUT2D eigenvalue weighted by Crippen LogP contribution is -2.06. The van der Waals surface area contributed by atoms with E-state index >= 15 is 0 Å². The molecule has 7 heteroatoms. The zero-order chi connectivity index (χ0) is 13.7.